The molecule has 0 aromatic carbocycles. The third-order valence-corrected chi connectivity index (χ3v) is 2.88. The molecule has 1 aliphatic heterocycles. The Morgan fingerprint density at radius 3 is 3.00 bits per heavy atom. The van der Waals surface area contributed by atoms with Crippen molar-refractivity contribution in [2.75, 3.05) is 19.3 Å². The summed E-state index contributed by atoms with van der Waals surface area (Å²) in [6.45, 7) is 1.87. The van der Waals surface area contributed by atoms with Gasteiger partial charge in [-0.05, 0) is 19.2 Å². The Morgan fingerprint density at radius 2 is 2.38 bits per heavy atom. The zero-order valence-corrected chi connectivity index (χ0v) is 11.2. The van der Waals surface area contributed by atoms with E-state index in [0.29, 0.717) is 16.2 Å². The molecule has 1 aliphatic rings. The van der Waals surface area contributed by atoms with E-state index in [2.05, 4.69) is 15.3 Å². The fourth-order valence-corrected chi connectivity index (χ4v) is 2.02. The predicted molar refractivity (Wildman–Crippen MR) is 68.0 cm³/mol. The standard InChI is InChI=1S/C9H12ClN3OS.ClH/c1-15-9-12-7(10)4-8(13-9)14-6-2-3-11-5-6;/h4,6,11H,2-3,5H2,1H3;1H/t6-;/m1./s1. The van der Waals surface area contributed by atoms with Crippen LogP contribution in [0.15, 0.2) is 11.2 Å². The van der Waals surface area contributed by atoms with Crippen LogP contribution in [0.25, 0.3) is 0 Å². The zero-order chi connectivity index (χ0) is 10.7. The Morgan fingerprint density at radius 1 is 1.56 bits per heavy atom. The van der Waals surface area contributed by atoms with Gasteiger partial charge in [0.25, 0.3) is 0 Å². The molecule has 0 bridgehead atoms. The summed E-state index contributed by atoms with van der Waals surface area (Å²) in [6.07, 6.45) is 3.12. The van der Waals surface area contributed by atoms with Crippen molar-refractivity contribution in [1.29, 1.82) is 0 Å². The van der Waals surface area contributed by atoms with Gasteiger partial charge in [0.2, 0.25) is 5.88 Å². The molecule has 90 valence electrons. The molecule has 1 aromatic rings. The van der Waals surface area contributed by atoms with Crippen molar-refractivity contribution < 1.29 is 4.74 Å². The molecule has 0 aliphatic carbocycles. The molecule has 0 amide bonds. The van der Waals surface area contributed by atoms with Crippen LogP contribution in [0.3, 0.4) is 0 Å². The number of hydrogen-bond acceptors (Lipinski definition) is 5. The van der Waals surface area contributed by atoms with Gasteiger partial charge in [-0.1, -0.05) is 23.4 Å². The number of halogens is 2. The average molecular weight is 282 g/mol. The summed E-state index contributed by atoms with van der Waals surface area (Å²) in [4.78, 5) is 8.28. The number of rotatable bonds is 3. The normalized spacial score (nSPS) is 19.2. The molecule has 7 heteroatoms. The minimum absolute atomic E-state index is 0. The summed E-state index contributed by atoms with van der Waals surface area (Å²) in [7, 11) is 0. The van der Waals surface area contributed by atoms with Crippen LogP contribution >= 0.6 is 35.8 Å². The number of thioether (sulfide) groups is 1. The van der Waals surface area contributed by atoms with Gasteiger partial charge in [0.05, 0.1) is 0 Å². The fraction of sp³-hybridized carbons (Fsp3) is 0.556. The summed E-state index contributed by atoms with van der Waals surface area (Å²) < 4.78 is 5.69. The highest BCUT2D eigenvalue weighted by Gasteiger charge is 2.17. The molecule has 0 spiro atoms. The number of aromatic nitrogens is 2. The van der Waals surface area contributed by atoms with Gasteiger partial charge >= 0.3 is 0 Å². The molecule has 4 nitrogen and oxygen atoms in total. The maximum absolute atomic E-state index is 5.85. The van der Waals surface area contributed by atoms with Crippen LogP contribution in [0, 0.1) is 0 Å². The molecule has 1 atom stereocenters. The SMILES string of the molecule is CSc1nc(Cl)cc(O[C@@H]2CCNC2)n1.Cl. The number of nitrogens with one attached hydrogen (secondary N) is 1. The summed E-state index contributed by atoms with van der Waals surface area (Å²) in [5.74, 6) is 0.563. The van der Waals surface area contributed by atoms with E-state index < -0.39 is 0 Å². The Balaban J connectivity index is 0.00000128. The van der Waals surface area contributed by atoms with Gasteiger partial charge in [0, 0.05) is 12.6 Å². The lowest BCUT2D eigenvalue weighted by Crippen LogP contribution is -2.20. The van der Waals surface area contributed by atoms with E-state index in [4.69, 9.17) is 16.3 Å². The van der Waals surface area contributed by atoms with Crippen LogP contribution in [-0.4, -0.2) is 35.4 Å². The highest BCUT2D eigenvalue weighted by Crippen LogP contribution is 2.20. The third kappa shape index (κ3) is 3.66. The molecule has 2 heterocycles. The molecule has 2 rings (SSSR count). The molecule has 0 unspecified atom stereocenters. The highest BCUT2D eigenvalue weighted by molar-refractivity contribution is 7.98. The maximum Gasteiger partial charge on any atom is 0.219 e. The van der Waals surface area contributed by atoms with Gasteiger partial charge < -0.3 is 10.1 Å². The first-order valence-electron chi connectivity index (χ1n) is 4.74. The number of ether oxygens (including phenoxy) is 1. The molecule has 1 fully saturated rings. The first kappa shape index (κ1) is 13.8. The van der Waals surface area contributed by atoms with Crippen LogP contribution < -0.4 is 10.1 Å². The van der Waals surface area contributed by atoms with Crippen molar-refractivity contribution in [1.82, 2.24) is 15.3 Å². The molecule has 1 saturated heterocycles. The Kier molecular flexibility index (Phi) is 5.61. The van der Waals surface area contributed by atoms with Crippen LogP contribution in [-0.2, 0) is 0 Å². The van der Waals surface area contributed by atoms with Gasteiger partial charge in [-0.3, -0.25) is 0 Å². The molecule has 16 heavy (non-hydrogen) atoms. The predicted octanol–water partition coefficient (Wildman–Crippen LogP) is 2.01. The summed E-state index contributed by atoms with van der Waals surface area (Å²) in [6, 6.07) is 1.65. The van der Waals surface area contributed by atoms with E-state index in [1.54, 1.807) is 6.07 Å². The van der Waals surface area contributed by atoms with E-state index in [-0.39, 0.29) is 18.5 Å². The maximum atomic E-state index is 5.85. The summed E-state index contributed by atoms with van der Waals surface area (Å²) in [5, 5.41) is 4.30. The largest absolute Gasteiger partial charge is 0.473 e. The Hall–Kier alpha value is -0.230. The van der Waals surface area contributed by atoms with Crippen LogP contribution in [0.1, 0.15) is 6.42 Å². The van der Waals surface area contributed by atoms with E-state index in [1.165, 1.54) is 11.8 Å². The van der Waals surface area contributed by atoms with Crippen molar-refractivity contribution in [3.8, 4) is 5.88 Å². The van der Waals surface area contributed by atoms with Crippen molar-refractivity contribution in [2.24, 2.45) is 0 Å². The summed E-state index contributed by atoms with van der Waals surface area (Å²) >= 11 is 7.31. The minimum atomic E-state index is 0. The second-order valence-corrected chi connectivity index (χ2v) is 4.41. The smallest absolute Gasteiger partial charge is 0.219 e. The van der Waals surface area contributed by atoms with Crippen LogP contribution in [0.5, 0.6) is 5.88 Å². The molecule has 1 aromatic heterocycles. The second-order valence-electron chi connectivity index (χ2n) is 3.25. The second kappa shape index (κ2) is 6.49. The highest BCUT2D eigenvalue weighted by atomic mass is 35.5. The molecule has 1 N–H and O–H groups in total. The van der Waals surface area contributed by atoms with Gasteiger partial charge in [-0.2, -0.15) is 4.98 Å². The van der Waals surface area contributed by atoms with Crippen LogP contribution in [0.4, 0.5) is 0 Å². The monoisotopic (exact) mass is 281 g/mol. The fourth-order valence-electron chi connectivity index (χ4n) is 1.43. The van der Waals surface area contributed by atoms with Crippen molar-refractivity contribution in [2.45, 2.75) is 17.7 Å². The lowest BCUT2D eigenvalue weighted by Gasteiger charge is -2.11. The van der Waals surface area contributed by atoms with E-state index in [9.17, 15) is 0 Å². The van der Waals surface area contributed by atoms with Gasteiger partial charge in [0.1, 0.15) is 11.3 Å². The van der Waals surface area contributed by atoms with E-state index in [0.717, 1.165) is 19.5 Å². The first-order chi connectivity index (χ1) is 7.28. The minimum Gasteiger partial charge on any atom is -0.473 e. The average Bonchev–Trinajstić information content (AvgIpc) is 2.69. The van der Waals surface area contributed by atoms with Crippen LogP contribution in [0.2, 0.25) is 5.15 Å². The topological polar surface area (TPSA) is 47.0 Å². The number of nitrogens with zero attached hydrogens (tertiary/aromatic N) is 2. The molecular weight excluding hydrogens is 269 g/mol. The van der Waals surface area contributed by atoms with E-state index in [1.807, 2.05) is 6.26 Å². The van der Waals surface area contributed by atoms with Gasteiger partial charge in [-0.25, -0.2) is 4.98 Å². The van der Waals surface area contributed by atoms with Crippen molar-refractivity contribution in [3.05, 3.63) is 11.2 Å². The Labute approximate surface area is 110 Å². The lowest BCUT2D eigenvalue weighted by atomic mass is 10.3. The molecule has 0 saturated carbocycles. The van der Waals surface area contributed by atoms with Crippen molar-refractivity contribution in [3.63, 3.8) is 0 Å². The number of hydrogen-bond donors (Lipinski definition) is 1. The molecule has 0 radical (unpaired) electrons. The zero-order valence-electron chi connectivity index (χ0n) is 8.77. The first-order valence-corrected chi connectivity index (χ1v) is 6.34. The van der Waals surface area contributed by atoms with E-state index >= 15 is 0 Å². The molecular formula is C9H13Cl2N3OS. The quantitative estimate of drug-likeness (QED) is 0.522. The summed E-state index contributed by atoms with van der Waals surface area (Å²) in [5.41, 5.74) is 0. The van der Waals surface area contributed by atoms with Gasteiger partial charge in [0.15, 0.2) is 5.16 Å². The lowest BCUT2D eigenvalue weighted by molar-refractivity contribution is 0.212. The van der Waals surface area contributed by atoms with Gasteiger partial charge in [-0.15, -0.1) is 12.4 Å². The van der Waals surface area contributed by atoms with Crippen molar-refractivity contribution >= 4 is 35.8 Å². The Bertz CT molecular complexity index is 348. The third-order valence-electron chi connectivity index (χ3n) is 2.14.